The van der Waals surface area contributed by atoms with Crippen LogP contribution in [-0.2, 0) is 0 Å². The number of fused-ring (bicyclic) bond motifs is 1. The Labute approximate surface area is 177 Å². The molecule has 0 bridgehead atoms. The van der Waals surface area contributed by atoms with Crippen LogP contribution >= 0.6 is 11.6 Å². The van der Waals surface area contributed by atoms with E-state index in [-0.39, 0.29) is 33.8 Å². The third-order valence-corrected chi connectivity index (χ3v) is 5.44. The molecule has 1 fully saturated rings. The molecular weight excluding hydrogens is 408 g/mol. The predicted octanol–water partition coefficient (Wildman–Crippen LogP) is 3.33. The molecule has 0 spiro atoms. The second-order valence-corrected chi connectivity index (χ2v) is 7.44. The molecule has 156 valence electrons. The van der Waals surface area contributed by atoms with Gasteiger partial charge in [0.2, 0.25) is 0 Å². The third kappa shape index (κ3) is 3.94. The minimum atomic E-state index is -0.294. The monoisotopic (exact) mass is 428 g/mol. The smallest absolute Gasteiger partial charge is 0.177 e. The Morgan fingerprint density at radius 1 is 1.10 bits per heavy atom. The maximum absolute atomic E-state index is 11.3. The van der Waals surface area contributed by atoms with Gasteiger partial charge < -0.3 is 20.4 Å². The van der Waals surface area contributed by atoms with Crippen molar-refractivity contribution in [2.24, 2.45) is 5.18 Å². The van der Waals surface area contributed by atoms with E-state index in [9.17, 15) is 15.1 Å². The van der Waals surface area contributed by atoms with Gasteiger partial charge in [-0.3, -0.25) is 9.88 Å². The van der Waals surface area contributed by atoms with Crippen molar-refractivity contribution in [3.05, 3.63) is 46.6 Å². The van der Waals surface area contributed by atoms with Crippen molar-refractivity contribution in [3.63, 3.8) is 0 Å². The molecule has 3 aromatic rings. The zero-order chi connectivity index (χ0) is 21.1. The molecule has 0 amide bonds. The topological polar surface area (TPSA) is 114 Å². The number of benzene rings is 1. The highest BCUT2D eigenvalue weighted by Gasteiger charge is 2.21. The van der Waals surface area contributed by atoms with E-state index in [1.807, 2.05) is 12.1 Å². The van der Waals surface area contributed by atoms with Crippen molar-refractivity contribution in [1.82, 2.24) is 14.9 Å². The number of aromatic nitrogens is 2. The van der Waals surface area contributed by atoms with Crippen molar-refractivity contribution < 1.29 is 10.2 Å². The van der Waals surface area contributed by atoms with Gasteiger partial charge >= 0.3 is 0 Å². The third-order valence-electron chi connectivity index (χ3n) is 5.21. The number of nitrogens with zero attached hydrogens (tertiary/aromatic N) is 5. The normalized spacial score (nSPS) is 14.8. The molecule has 3 N–H and O–H groups in total. The number of rotatable bonds is 6. The zero-order valence-electron chi connectivity index (χ0n) is 16.1. The maximum atomic E-state index is 11.3. The number of phenolic OH excluding ortho intramolecular Hbond substituents is 2. The second-order valence-electron chi connectivity index (χ2n) is 7.00. The Morgan fingerprint density at radius 3 is 2.60 bits per heavy atom. The number of aromatic hydroxyl groups is 2. The largest absolute Gasteiger partial charge is 0.505 e. The number of phenols is 2. The van der Waals surface area contributed by atoms with Crippen molar-refractivity contribution in [2.45, 2.75) is 0 Å². The zero-order valence-corrected chi connectivity index (χ0v) is 16.9. The molecule has 10 heteroatoms. The maximum Gasteiger partial charge on any atom is 0.177 e. The molecule has 30 heavy (non-hydrogen) atoms. The van der Waals surface area contributed by atoms with Gasteiger partial charge in [-0.25, -0.2) is 4.98 Å². The molecular formula is C20H21ClN6O3. The highest BCUT2D eigenvalue weighted by molar-refractivity contribution is 6.30. The van der Waals surface area contributed by atoms with Crippen LogP contribution in [-0.4, -0.2) is 64.3 Å². The van der Waals surface area contributed by atoms with Gasteiger partial charge in [-0.15, -0.1) is 4.91 Å². The van der Waals surface area contributed by atoms with Crippen molar-refractivity contribution in [2.75, 3.05) is 49.5 Å². The SMILES string of the molecule is O=Nc1c(NCCN2CCN(c3ccc(Cl)cn3)CC2)c(O)c2ncccc2c1O. The molecule has 0 radical (unpaired) electrons. The first-order valence-corrected chi connectivity index (χ1v) is 9.95. The van der Waals surface area contributed by atoms with Gasteiger partial charge in [0.05, 0.1) is 5.02 Å². The van der Waals surface area contributed by atoms with E-state index in [1.54, 1.807) is 18.3 Å². The molecule has 0 unspecified atom stereocenters. The molecule has 4 rings (SSSR count). The number of hydrogen-bond acceptors (Lipinski definition) is 9. The van der Waals surface area contributed by atoms with Gasteiger partial charge in [-0.1, -0.05) is 11.6 Å². The van der Waals surface area contributed by atoms with E-state index < -0.39 is 0 Å². The number of pyridine rings is 2. The first-order chi connectivity index (χ1) is 14.6. The minimum absolute atomic E-state index is 0.0951. The summed E-state index contributed by atoms with van der Waals surface area (Å²) >= 11 is 5.90. The molecule has 2 aromatic heterocycles. The van der Waals surface area contributed by atoms with Gasteiger partial charge in [0.25, 0.3) is 0 Å². The van der Waals surface area contributed by atoms with Gasteiger partial charge in [-0.2, -0.15) is 0 Å². The van der Waals surface area contributed by atoms with Crippen LogP contribution in [0.5, 0.6) is 11.5 Å². The van der Waals surface area contributed by atoms with Crippen LogP contribution in [0.15, 0.2) is 41.8 Å². The highest BCUT2D eigenvalue weighted by atomic mass is 35.5. The summed E-state index contributed by atoms with van der Waals surface area (Å²) in [4.78, 5) is 24.2. The summed E-state index contributed by atoms with van der Waals surface area (Å²) in [5, 5.41) is 27.7. The first kappa shape index (κ1) is 20.1. The number of nitrogens with one attached hydrogen (secondary N) is 1. The van der Waals surface area contributed by atoms with Crippen molar-refractivity contribution >= 4 is 39.7 Å². The molecule has 1 aliphatic rings. The molecule has 1 aliphatic heterocycles. The fraction of sp³-hybridized carbons (Fsp3) is 0.300. The van der Waals surface area contributed by atoms with Gasteiger partial charge in [-0.05, 0) is 29.4 Å². The number of piperazine rings is 1. The van der Waals surface area contributed by atoms with E-state index in [4.69, 9.17) is 11.6 Å². The summed E-state index contributed by atoms with van der Waals surface area (Å²) in [7, 11) is 0. The van der Waals surface area contributed by atoms with Gasteiger partial charge in [0.15, 0.2) is 17.2 Å². The molecule has 1 saturated heterocycles. The predicted molar refractivity (Wildman–Crippen MR) is 117 cm³/mol. The summed E-state index contributed by atoms with van der Waals surface area (Å²) in [6.07, 6.45) is 3.15. The van der Waals surface area contributed by atoms with Crippen LogP contribution in [0.4, 0.5) is 17.2 Å². The summed E-state index contributed by atoms with van der Waals surface area (Å²) in [5.74, 6) is 0.414. The fourth-order valence-electron chi connectivity index (χ4n) is 3.61. The Hall–Kier alpha value is -3.17. The van der Waals surface area contributed by atoms with Crippen LogP contribution in [0.1, 0.15) is 0 Å². The number of nitroso groups, excluding NO2 is 1. The minimum Gasteiger partial charge on any atom is -0.505 e. The second kappa shape index (κ2) is 8.68. The lowest BCUT2D eigenvalue weighted by Crippen LogP contribution is -2.47. The van der Waals surface area contributed by atoms with Crippen LogP contribution in [0, 0.1) is 4.91 Å². The molecule has 0 atom stereocenters. The first-order valence-electron chi connectivity index (χ1n) is 9.57. The molecule has 9 nitrogen and oxygen atoms in total. The van der Waals surface area contributed by atoms with Crippen LogP contribution in [0.2, 0.25) is 5.02 Å². The van der Waals surface area contributed by atoms with Gasteiger partial charge in [0, 0.05) is 57.0 Å². The van der Waals surface area contributed by atoms with E-state index in [2.05, 4.69) is 30.3 Å². The molecule has 3 heterocycles. The van der Waals surface area contributed by atoms with Crippen LogP contribution in [0.25, 0.3) is 10.9 Å². The van der Waals surface area contributed by atoms with E-state index >= 15 is 0 Å². The van der Waals surface area contributed by atoms with Crippen LogP contribution < -0.4 is 10.2 Å². The summed E-state index contributed by atoms with van der Waals surface area (Å²) in [6, 6.07) is 6.93. The van der Waals surface area contributed by atoms with Gasteiger partial charge in [0.1, 0.15) is 17.0 Å². The van der Waals surface area contributed by atoms with E-state index in [1.165, 1.54) is 6.20 Å². The molecule has 0 saturated carbocycles. The highest BCUT2D eigenvalue weighted by Crippen LogP contribution is 2.47. The summed E-state index contributed by atoms with van der Waals surface area (Å²) < 4.78 is 0. The number of hydrogen-bond donors (Lipinski definition) is 3. The van der Waals surface area contributed by atoms with E-state index in [0.29, 0.717) is 18.1 Å². The lowest BCUT2D eigenvalue weighted by Gasteiger charge is -2.35. The molecule has 1 aromatic carbocycles. The number of anilines is 2. The Kier molecular flexibility index (Phi) is 5.82. The average Bonchev–Trinajstić information content (AvgIpc) is 2.78. The lowest BCUT2D eigenvalue weighted by atomic mass is 10.1. The van der Waals surface area contributed by atoms with E-state index in [0.717, 1.165) is 32.0 Å². The van der Waals surface area contributed by atoms with Crippen LogP contribution in [0.3, 0.4) is 0 Å². The average molecular weight is 429 g/mol. The van der Waals surface area contributed by atoms with Crippen molar-refractivity contribution in [1.29, 1.82) is 0 Å². The summed E-state index contributed by atoms with van der Waals surface area (Å²) in [5.41, 5.74) is 0.0957. The quantitative estimate of drug-likeness (QED) is 0.311. The Morgan fingerprint density at radius 2 is 1.90 bits per heavy atom. The lowest BCUT2D eigenvalue weighted by molar-refractivity contribution is 0.266. The fourth-order valence-corrected chi connectivity index (χ4v) is 3.72. The Bertz CT molecular complexity index is 1050. The summed E-state index contributed by atoms with van der Waals surface area (Å²) in [6.45, 7) is 4.53. The Balaban J connectivity index is 1.38. The molecule has 0 aliphatic carbocycles. The number of halogens is 1. The van der Waals surface area contributed by atoms with Crippen molar-refractivity contribution in [3.8, 4) is 11.5 Å². The standard InChI is InChI=1S/C20H21ClN6O3/c21-13-3-4-15(24-12-13)27-10-8-26(9-11-27)7-6-23-17-18(25-30)19(28)14-2-1-5-22-16(14)20(17)29/h1-5,12,23,28-29H,6-11H2.